The summed E-state index contributed by atoms with van der Waals surface area (Å²) < 4.78 is 1.13. The van der Waals surface area contributed by atoms with E-state index >= 15 is 0 Å². The van der Waals surface area contributed by atoms with E-state index in [9.17, 15) is 0 Å². The molecule has 2 heterocycles. The molecule has 4 nitrogen and oxygen atoms in total. The summed E-state index contributed by atoms with van der Waals surface area (Å²) in [4.78, 5) is 10.4. The quantitative estimate of drug-likeness (QED) is 0.915. The topological polar surface area (TPSA) is 41.1 Å². The highest BCUT2D eigenvalue weighted by Crippen LogP contribution is 2.29. The molecule has 1 N–H and O–H groups in total. The molecule has 1 fully saturated rings. The molecule has 0 amide bonds. The number of halogens is 2. The minimum atomic E-state index is 0.342. The lowest BCUT2D eigenvalue weighted by atomic mass is 10.2. The molecular weight excluding hydrogens is 340 g/mol. The molecule has 0 spiro atoms. The second-order valence-electron chi connectivity index (χ2n) is 4.75. The molecule has 3 rings (SSSR count). The number of benzene rings is 1. The molecule has 0 aliphatic carbocycles. The molecular formula is C14H14BrClN4. The van der Waals surface area contributed by atoms with Crippen molar-refractivity contribution in [1.82, 2.24) is 9.97 Å². The van der Waals surface area contributed by atoms with Crippen LogP contribution in [0.2, 0.25) is 5.02 Å². The van der Waals surface area contributed by atoms with Crippen LogP contribution in [0, 0.1) is 0 Å². The summed E-state index contributed by atoms with van der Waals surface area (Å²) >= 11 is 9.67. The van der Waals surface area contributed by atoms with Gasteiger partial charge in [-0.25, -0.2) is 9.97 Å². The van der Waals surface area contributed by atoms with E-state index < -0.39 is 0 Å². The van der Waals surface area contributed by atoms with E-state index in [4.69, 9.17) is 11.6 Å². The molecule has 1 aromatic heterocycles. The van der Waals surface area contributed by atoms with Crippen molar-refractivity contribution in [1.29, 1.82) is 0 Å². The zero-order valence-corrected chi connectivity index (χ0v) is 13.1. The Bertz CT molecular complexity index is 607. The minimum absolute atomic E-state index is 0.342. The number of hydrogen-bond acceptors (Lipinski definition) is 4. The summed E-state index contributed by atoms with van der Waals surface area (Å²) in [5.41, 5.74) is 1.23. The first-order valence-electron chi connectivity index (χ1n) is 6.45. The van der Waals surface area contributed by atoms with E-state index in [1.54, 1.807) is 6.20 Å². The molecule has 1 aliphatic heterocycles. The lowest BCUT2D eigenvalue weighted by Crippen LogP contribution is -2.26. The van der Waals surface area contributed by atoms with Gasteiger partial charge >= 0.3 is 0 Å². The van der Waals surface area contributed by atoms with Gasteiger partial charge in [0.2, 0.25) is 0 Å². The summed E-state index contributed by atoms with van der Waals surface area (Å²) in [6, 6.07) is 8.62. The Kier molecular flexibility index (Phi) is 4.08. The van der Waals surface area contributed by atoms with Crippen molar-refractivity contribution in [2.75, 3.05) is 23.3 Å². The monoisotopic (exact) mass is 352 g/mol. The lowest BCUT2D eigenvalue weighted by Gasteiger charge is -2.20. The molecule has 0 bridgehead atoms. The van der Waals surface area contributed by atoms with Crippen LogP contribution in [0.15, 0.2) is 41.3 Å². The largest absolute Gasteiger partial charge is 0.368 e. The summed E-state index contributed by atoms with van der Waals surface area (Å²) in [7, 11) is 0. The average Bonchev–Trinajstić information content (AvgIpc) is 2.90. The highest BCUT2D eigenvalue weighted by molar-refractivity contribution is 9.10. The number of rotatable bonds is 3. The number of para-hydroxylation sites is 1. The first-order valence-corrected chi connectivity index (χ1v) is 7.62. The van der Waals surface area contributed by atoms with Gasteiger partial charge < -0.3 is 10.2 Å². The van der Waals surface area contributed by atoms with E-state index in [1.165, 1.54) is 12.0 Å². The highest BCUT2D eigenvalue weighted by Gasteiger charge is 2.24. The number of hydrogen-bond donors (Lipinski definition) is 1. The predicted molar refractivity (Wildman–Crippen MR) is 85.4 cm³/mol. The molecule has 0 radical (unpaired) electrons. The van der Waals surface area contributed by atoms with E-state index in [0.717, 1.165) is 24.0 Å². The molecule has 1 saturated heterocycles. The first-order chi connectivity index (χ1) is 9.74. The fraction of sp³-hybridized carbons (Fsp3) is 0.286. The van der Waals surface area contributed by atoms with Gasteiger partial charge in [0.25, 0.3) is 0 Å². The maximum absolute atomic E-state index is 6.07. The van der Waals surface area contributed by atoms with Crippen molar-refractivity contribution >= 4 is 39.0 Å². The zero-order valence-electron chi connectivity index (χ0n) is 10.8. The smallest absolute Gasteiger partial charge is 0.148 e. The first kappa shape index (κ1) is 13.6. The maximum atomic E-state index is 6.07. The fourth-order valence-electron chi connectivity index (χ4n) is 2.42. The van der Waals surface area contributed by atoms with E-state index in [2.05, 4.69) is 54.3 Å². The van der Waals surface area contributed by atoms with E-state index in [-0.39, 0.29) is 0 Å². The fourth-order valence-corrected chi connectivity index (χ4v) is 3.11. The van der Waals surface area contributed by atoms with Gasteiger partial charge in [-0.15, -0.1) is 0 Å². The van der Waals surface area contributed by atoms with Crippen molar-refractivity contribution in [3.05, 3.63) is 46.3 Å². The predicted octanol–water partition coefficient (Wildman–Crippen LogP) is 3.58. The molecule has 1 aliphatic rings. The third-order valence-corrected chi connectivity index (χ3v) is 4.34. The van der Waals surface area contributed by atoms with Crippen LogP contribution in [0.1, 0.15) is 6.42 Å². The molecule has 6 heteroatoms. The Hall–Kier alpha value is -1.33. The van der Waals surface area contributed by atoms with Crippen LogP contribution >= 0.6 is 27.5 Å². The van der Waals surface area contributed by atoms with Gasteiger partial charge in [0.05, 0.1) is 11.9 Å². The van der Waals surface area contributed by atoms with E-state index in [1.807, 2.05) is 6.07 Å². The summed E-state index contributed by atoms with van der Waals surface area (Å²) in [5.74, 6) is 0.709. The average molecular weight is 354 g/mol. The lowest BCUT2D eigenvalue weighted by molar-refractivity contribution is 0.799. The van der Waals surface area contributed by atoms with Crippen molar-refractivity contribution < 1.29 is 0 Å². The third kappa shape index (κ3) is 2.88. The van der Waals surface area contributed by atoms with Gasteiger partial charge in [0, 0.05) is 23.6 Å². The van der Waals surface area contributed by atoms with Crippen molar-refractivity contribution in [2.24, 2.45) is 0 Å². The highest BCUT2D eigenvalue weighted by atomic mass is 79.9. The molecule has 104 valence electrons. The van der Waals surface area contributed by atoms with Gasteiger partial charge in [0.15, 0.2) is 0 Å². The van der Waals surface area contributed by atoms with Crippen LogP contribution in [-0.4, -0.2) is 29.1 Å². The van der Waals surface area contributed by atoms with E-state index in [0.29, 0.717) is 16.9 Å². The Morgan fingerprint density at radius 1 is 1.35 bits per heavy atom. The Morgan fingerprint density at radius 2 is 2.20 bits per heavy atom. The van der Waals surface area contributed by atoms with Gasteiger partial charge in [-0.2, -0.15) is 0 Å². The molecule has 1 unspecified atom stereocenters. The number of anilines is 2. The molecule has 1 aromatic carbocycles. The van der Waals surface area contributed by atoms with Crippen LogP contribution in [0.4, 0.5) is 11.5 Å². The number of nitrogens with zero attached hydrogens (tertiary/aromatic N) is 3. The standard InChI is InChI=1S/C14H14BrClN4/c15-11-3-1-2-4-13(11)20-6-5-10(8-20)19-14-12(16)7-17-9-18-14/h1-4,7,9-10H,5-6,8H2,(H,17,18,19). The second kappa shape index (κ2) is 5.97. The van der Waals surface area contributed by atoms with Gasteiger partial charge in [-0.3, -0.25) is 0 Å². The van der Waals surface area contributed by atoms with Crippen LogP contribution < -0.4 is 10.2 Å². The van der Waals surface area contributed by atoms with Gasteiger partial charge in [0.1, 0.15) is 17.2 Å². The van der Waals surface area contributed by atoms with Crippen molar-refractivity contribution in [3.63, 3.8) is 0 Å². The molecule has 0 saturated carbocycles. The summed E-state index contributed by atoms with van der Waals surface area (Å²) in [6.07, 6.45) is 4.17. The second-order valence-corrected chi connectivity index (χ2v) is 6.01. The van der Waals surface area contributed by atoms with Crippen molar-refractivity contribution in [2.45, 2.75) is 12.5 Å². The van der Waals surface area contributed by atoms with Gasteiger partial charge in [-0.05, 0) is 34.5 Å². The van der Waals surface area contributed by atoms with Crippen LogP contribution in [0.25, 0.3) is 0 Å². The maximum Gasteiger partial charge on any atom is 0.148 e. The normalized spacial score (nSPS) is 18.3. The van der Waals surface area contributed by atoms with Crippen LogP contribution in [0.3, 0.4) is 0 Å². The number of nitrogens with one attached hydrogen (secondary N) is 1. The summed E-state index contributed by atoms with van der Waals surface area (Å²) in [6.45, 7) is 1.95. The Balaban J connectivity index is 1.69. The SMILES string of the molecule is Clc1cncnc1NC1CCN(c2ccccc2Br)C1. The van der Waals surface area contributed by atoms with Gasteiger partial charge in [-0.1, -0.05) is 23.7 Å². The van der Waals surface area contributed by atoms with Crippen LogP contribution in [0.5, 0.6) is 0 Å². The molecule has 1 atom stereocenters. The molecule has 20 heavy (non-hydrogen) atoms. The zero-order chi connectivity index (χ0) is 13.9. The van der Waals surface area contributed by atoms with Crippen molar-refractivity contribution in [3.8, 4) is 0 Å². The number of aromatic nitrogens is 2. The van der Waals surface area contributed by atoms with Crippen LogP contribution in [-0.2, 0) is 0 Å². The molecule has 2 aromatic rings. The Labute approximate surface area is 131 Å². The minimum Gasteiger partial charge on any atom is -0.368 e. The Morgan fingerprint density at radius 3 is 3.00 bits per heavy atom. The summed E-state index contributed by atoms with van der Waals surface area (Å²) in [5, 5.41) is 3.95. The third-order valence-electron chi connectivity index (χ3n) is 3.39.